The summed E-state index contributed by atoms with van der Waals surface area (Å²) in [7, 11) is 0. The quantitative estimate of drug-likeness (QED) is 0.815. The zero-order chi connectivity index (χ0) is 20.3. The minimum absolute atomic E-state index is 0.0129. The second-order valence-corrected chi connectivity index (χ2v) is 6.88. The first kappa shape index (κ1) is 20.3. The van der Waals surface area contributed by atoms with E-state index < -0.39 is 11.7 Å². The summed E-state index contributed by atoms with van der Waals surface area (Å²) in [5.74, 6) is -0.321. The van der Waals surface area contributed by atoms with Crippen molar-refractivity contribution in [3.63, 3.8) is 0 Å². The Labute approximate surface area is 161 Å². The molecular weight excluding hydrogens is 373 g/mol. The summed E-state index contributed by atoms with van der Waals surface area (Å²) in [6.07, 6.45) is -4.38. The number of aromatic nitrogens is 2. The third-order valence-electron chi connectivity index (χ3n) is 4.56. The lowest BCUT2D eigenvalue weighted by molar-refractivity contribution is -0.138. The summed E-state index contributed by atoms with van der Waals surface area (Å²) < 4.78 is 47.5. The van der Waals surface area contributed by atoms with Gasteiger partial charge in [0, 0.05) is 31.2 Å². The third-order valence-corrected chi connectivity index (χ3v) is 4.56. The van der Waals surface area contributed by atoms with E-state index in [1.54, 1.807) is 26.0 Å². The molecule has 9 heteroatoms. The molecule has 6 nitrogen and oxygen atoms in total. The average Bonchev–Trinajstić information content (AvgIpc) is 2.98. The first-order valence-electron chi connectivity index (χ1n) is 9.05. The second kappa shape index (κ2) is 8.32. The Hall–Kier alpha value is -2.39. The zero-order valence-electron chi connectivity index (χ0n) is 15.8. The standard InChI is InChI=1S/C19H23F3N4O2/c1-12-7-13(2)26(25-12)16-4-3-14(17(9-16)19(20,21)22)10-24-18(27)8-15-11-28-6-5-23-15/h3-4,7,9,15,23H,5-6,8,10-11H2,1-2H3,(H,24,27). The molecular formula is C19H23F3N4O2. The molecule has 1 amide bonds. The number of carbonyl (C=O) groups excluding carboxylic acids is 1. The highest BCUT2D eigenvalue weighted by Crippen LogP contribution is 2.33. The van der Waals surface area contributed by atoms with Crippen LogP contribution in [0.5, 0.6) is 0 Å². The monoisotopic (exact) mass is 396 g/mol. The molecule has 0 radical (unpaired) electrons. The van der Waals surface area contributed by atoms with Gasteiger partial charge in [0.1, 0.15) is 0 Å². The Kier molecular flexibility index (Phi) is 6.04. The minimum atomic E-state index is -4.54. The van der Waals surface area contributed by atoms with Crippen molar-refractivity contribution in [3.05, 3.63) is 46.8 Å². The highest BCUT2D eigenvalue weighted by Gasteiger charge is 2.34. The molecule has 0 saturated carbocycles. The lowest BCUT2D eigenvalue weighted by Crippen LogP contribution is -2.44. The number of nitrogens with zero attached hydrogens (tertiary/aromatic N) is 2. The van der Waals surface area contributed by atoms with Crippen molar-refractivity contribution in [1.29, 1.82) is 0 Å². The van der Waals surface area contributed by atoms with E-state index >= 15 is 0 Å². The second-order valence-electron chi connectivity index (χ2n) is 6.88. The van der Waals surface area contributed by atoms with Crippen LogP contribution in [-0.4, -0.2) is 41.5 Å². The lowest BCUT2D eigenvalue weighted by Gasteiger charge is -2.23. The van der Waals surface area contributed by atoms with E-state index in [2.05, 4.69) is 15.7 Å². The van der Waals surface area contributed by atoms with E-state index in [1.165, 1.54) is 10.7 Å². The number of hydrogen-bond acceptors (Lipinski definition) is 4. The maximum Gasteiger partial charge on any atom is 0.416 e. The predicted molar refractivity (Wildman–Crippen MR) is 97.1 cm³/mol. The van der Waals surface area contributed by atoms with Gasteiger partial charge in [-0.3, -0.25) is 4.79 Å². The fraction of sp³-hybridized carbons (Fsp3) is 0.474. The molecule has 28 heavy (non-hydrogen) atoms. The molecule has 2 aromatic rings. The molecule has 1 saturated heterocycles. The van der Waals surface area contributed by atoms with Crippen molar-refractivity contribution < 1.29 is 22.7 Å². The summed E-state index contributed by atoms with van der Waals surface area (Å²) in [6, 6.07) is 5.70. The van der Waals surface area contributed by atoms with Gasteiger partial charge in [-0.1, -0.05) is 6.07 Å². The summed E-state index contributed by atoms with van der Waals surface area (Å²) >= 11 is 0. The highest BCUT2D eigenvalue weighted by atomic mass is 19.4. The number of nitrogens with one attached hydrogen (secondary N) is 2. The normalized spacial score (nSPS) is 17.5. The van der Waals surface area contributed by atoms with Crippen molar-refractivity contribution in [1.82, 2.24) is 20.4 Å². The number of hydrogen-bond donors (Lipinski definition) is 2. The van der Waals surface area contributed by atoms with Crippen molar-refractivity contribution in [2.24, 2.45) is 0 Å². The van der Waals surface area contributed by atoms with Crippen molar-refractivity contribution in [3.8, 4) is 5.69 Å². The van der Waals surface area contributed by atoms with Gasteiger partial charge in [-0.2, -0.15) is 18.3 Å². The molecule has 0 bridgehead atoms. The molecule has 1 fully saturated rings. The number of carbonyl (C=O) groups is 1. The van der Waals surface area contributed by atoms with Gasteiger partial charge in [-0.15, -0.1) is 0 Å². The van der Waals surface area contributed by atoms with Crippen LogP contribution >= 0.6 is 0 Å². The fourth-order valence-electron chi connectivity index (χ4n) is 3.25. The number of benzene rings is 1. The molecule has 1 unspecified atom stereocenters. The number of halogens is 3. The van der Waals surface area contributed by atoms with Crippen molar-refractivity contribution >= 4 is 5.91 Å². The molecule has 3 rings (SSSR count). The smallest absolute Gasteiger partial charge is 0.378 e. The Morgan fingerprint density at radius 2 is 2.14 bits per heavy atom. The number of ether oxygens (including phenoxy) is 1. The summed E-state index contributed by atoms with van der Waals surface area (Å²) in [6.45, 7) is 5.03. The molecule has 1 atom stereocenters. The van der Waals surface area contributed by atoms with Gasteiger partial charge in [0.15, 0.2) is 0 Å². The van der Waals surface area contributed by atoms with Crippen LogP contribution in [0.15, 0.2) is 24.3 Å². The van der Waals surface area contributed by atoms with E-state index in [0.717, 1.165) is 17.5 Å². The SMILES string of the molecule is Cc1cc(C)n(-c2ccc(CNC(=O)CC3COCCN3)c(C(F)(F)F)c2)n1. The van der Waals surface area contributed by atoms with Crippen molar-refractivity contribution in [2.75, 3.05) is 19.8 Å². The summed E-state index contributed by atoms with van der Waals surface area (Å²) in [4.78, 5) is 12.1. The minimum Gasteiger partial charge on any atom is -0.378 e. The Morgan fingerprint density at radius 1 is 1.36 bits per heavy atom. The van der Waals surface area contributed by atoms with Gasteiger partial charge >= 0.3 is 6.18 Å². The lowest BCUT2D eigenvalue weighted by atomic mass is 10.1. The number of aryl methyl sites for hydroxylation is 2. The zero-order valence-corrected chi connectivity index (χ0v) is 15.8. The molecule has 2 heterocycles. The Bertz CT molecular complexity index is 842. The van der Waals surface area contributed by atoms with Crippen LogP contribution in [0.25, 0.3) is 5.69 Å². The van der Waals surface area contributed by atoms with Crippen LogP contribution in [0.4, 0.5) is 13.2 Å². The molecule has 1 aromatic heterocycles. The molecule has 2 N–H and O–H groups in total. The van der Waals surface area contributed by atoms with Crippen LogP contribution in [-0.2, 0) is 22.3 Å². The van der Waals surface area contributed by atoms with Crippen LogP contribution in [0, 0.1) is 13.8 Å². The van der Waals surface area contributed by atoms with E-state index in [1.807, 2.05) is 0 Å². The van der Waals surface area contributed by atoms with Crippen molar-refractivity contribution in [2.45, 2.75) is 39.0 Å². The number of amides is 1. The number of morpholine rings is 1. The predicted octanol–water partition coefficient (Wildman–Crippen LogP) is 2.50. The van der Waals surface area contributed by atoms with Crippen LogP contribution < -0.4 is 10.6 Å². The summed E-state index contributed by atoms with van der Waals surface area (Å²) in [5.41, 5.74) is 1.03. The highest BCUT2D eigenvalue weighted by molar-refractivity contribution is 5.76. The van der Waals surface area contributed by atoms with Crippen LogP contribution in [0.2, 0.25) is 0 Å². The van der Waals surface area contributed by atoms with Gasteiger partial charge < -0.3 is 15.4 Å². The van der Waals surface area contributed by atoms with Gasteiger partial charge in [0.25, 0.3) is 0 Å². The Morgan fingerprint density at radius 3 is 2.75 bits per heavy atom. The summed E-state index contributed by atoms with van der Waals surface area (Å²) in [5, 5.41) is 9.95. The van der Waals surface area contributed by atoms with E-state index in [4.69, 9.17) is 4.74 Å². The molecule has 1 aliphatic rings. The van der Waals surface area contributed by atoms with Gasteiger partial charge in [-0.05, 0) is 37.6 Å². The molecule has 152 valence electrons. The number of rotatable bonds is 5. The maximum atomic E-state index is 13.6. The molecule has 1 aliphatic heterocycles. The van der Waals surface area contributed by atoms with E-state index in [0.29, 0.717) is 25.4 Å². The van der Waals surface area contributed by atoms with Gasteiger partial charge in [0.05, 0.1) is 30.2 Å². The molecule has 0 aliphatic carbocycles. The van der Waals surface area contributed by atoms with E-state index in [9.17, 15) is 18.0 Å². The van der Waals surface area contributed by atoms with E-state index in [-0.39, 0.29) is 30.5 Å². The fourth-order valence-corrected chi connectivity index (χ4v) is 3.25. The molecule has 0 spiro atoms. The first-order chi connectivity index (χ1) is 13.2. The topological polar surface area (TPSA) is 68.2 Å². The first-order valence-corrected chi connectivity index (χ1v) is 9.05. The Balaban J connectivity index is 1.75. The van der Waals surface area contributed by atoms with Gasteiger partial charge in [0.2, 0.25) is 5.91 Å². The molecule has 1 aromatic carbocycles. The van der Waals surface area contributed by atoms with Crippen LogP contribution in [0.3, 0.4) is 0 Å². The third kappa shape index (κ3) is 4.90. The largest absolute Gasteiger partial charge is 0.416 e. The maximum absolute atomic E-state index is 13.6. The average molecular weight is 396 g/mol. The number of alkyl halides is 3. The van der Waals surface area contributed by atoms with Crippen LogP contribution in [0.1, 0.15) is 28.9 Å². The van der Waals surface area contributed by atoms with Gasteiger partial charge in [-0.25, -0.2) is 4.68 Å².